The molecule has 0 atom stereocenters. The highest BCUT2D eigenvalue weighted by atomic mass is 16.5. The van der Waals surface area contributed by atoms with Crippen LogP contribution in [0.3, 0.4) is 0 Å². The first-order valence-electron chi connectivity index (χ1n) is 5.59. The molecular formula is C13H15N3O. The Hall–Kier alpha value is -2.10. The number of aryl methyl sites for hydroxylation is 1. The predicted molar refractivity (Wildman–Crippen MR) is 67.4 cm³/mol. The van der Waals surface area contributed by atoms with Gasteiger partial charge in [0.15, 0.2) is 0 Å². The van der Waals surface area contributed by atoms with E-state index in [9.17, 15) is 0 Å². The normalized spacial score (nSPS) is 10.0. The first-order chi connectivity index (χ1) is 8.29. The van der Waals surface area contributed by atoms with Crippen LogP contribution in [0, 0.1) is 6.92 Å². The van der Waals surface area contributed by atoms with Crippen LogP contribution in [0.1, 0.15) is 12.6 Å². The van der Waals surface area contributed by atoms with Crippen LogP contribution in [-0.2, 0) is 0 Å². The first kappa shape index (κ1) is 11.4. The lowest BCUT2D eigenvalue weighted by molar-refractivity contribution is 0.475. The Morgan fingerprint density at radius 2 is 2.12 bits per heavy atom. The van der Waals surface area contributed by atoms with E-state index in [4.69, 9.17) is 4.74 Å². The van der Waals surface area contributed by atoms with Crippen molar-refractivity contribution in [2.24, 2.45) is 0 Å². The Balaban J connectivity index is 2.18. The van der Waals surface area contributed by atoms with Crippen LogP contribution in [0.2, 0.25) is 0 Å². The smallest absolute Gasteiger partial charge is 0.148 e. The van der Waals surface area contributed by atoms with E-state index in [-0.39, 0.29) is 0 Å². The minimum Gasteiger partial charge on any atom is -0.455 e. The van der Waals surface area contributed by atoms with E-state index >= 15 is 0 Å². The Morgan fingerprint density at radius 3 is 2.88 bits per heavy atom. The standard InChI is InChI=1S/C13H15N3O/c1-3-14-13-9-11(6-8-16-13)17-12-5-4-7-15-10(12)2/h4-9H,3H2,1-2H3,(H,14,16). The highest BCUT2D eigenvalue weighted by Crippen LogP contribution is 2.24. The molecule has 0 saturated heterocycles. The van der Waals surface area contributed by atoms with Gasteiger partial charge in [-0.05, 0) is 32.0 Å². The second-order valence-corrected chi connectivity index (χ2v) is 3.60. The zero-order valence-corrected chi connectivity index (χ0v) is 9.97. The Kier molecular flexibility index (Phi) is 3.55. The summed E-state index contributed by atoms with van der Waals surface area (Å²) in [4.78, 5) is 8.36. The maximum absolute atomic E-state index is 5.75. The molecule has 2 aromatic rings. The Labute approximate surface area is 101 Å². The van der Waals surface area contributed by atoms with Gasteiger partial charge in [-0.25, -0.2) is 4.98 Å². The molecule has 0 spiro atoms. The molecule has 4 nitrogen and oxygen atoms in total. The fourth-order valence-electron chi connectivity index (χ4n) is 1.46. The molecule has 1 N–H and O–H groups in total. The molecule has 0 saturated carbocycles. The van der Waals surface area contributed by atoms with Crippen LogP contribution >= 0.6 is 0 Å². The molecule has 0 aromatic carbocycles. The van der Waals surface area contributed by atoms with Gasteiger partial charge in [0.1, 0.15) is 17.3 Å². The molecule has 0 fully saturated rings. The summed E-state index contributed by atoms with van der Waals surface area (Å²) < 4.78 is 5.75. The molecule has 0 aliphatic rings. The summed E-state index contributed by atoms with van der Waals surface area (Å²) in [6.45, 7) is 4.78. The molecule has 0 amide bonds. The van der Waals surface area contributed by atoms with E-state index in [2.05, 4.69) is 15.3 Å². The number of rotatable bonds is 4. The summed E-state index contributed by atoms with van der Waals surface area (Å²) in [5.74, 6) is 2.33. The summed E-state index contributed by atoms with van der Waals surface area (Å²) in [7, 11) is 0. The molecule has 0 radical (unpaired) electrons. The van der Waals surface area contributed by atoms with Gasteiger partial charge in [0, 0.05) is 25.0 Å². The molecule has 0 aliphatic heterocycles. The average Bonchev–Trinajstić information content (AvgIpc) is 2.33. The third-order valence-corrected chi connectivity index (χ3v) is 2.28. The molecular weight excluding hydrogens is 214 g/mol. The highest BCUT2D eigenvalue weighted by Gasteiger charge is 2.02. The van der Waals surface area contributed by atoms with Crippen LogP contribution < -0.4 is 10.1 Å². The molecule has 0 bridgehead atoms. The second kappa shape index (κ2) is 5.30. The number of hydrogen-bond donors (Lipinski definition) is 1. The molecule has 88 valence electrons. The lowest BCUT2D eigenvalue weighted by atomic mass is 10.3. The summed E-state index contributed by atoms with van der Waals surface area (Å²) in [5.41, 5.74) is 0.870. The molecule has 2 heterocycles. The monoisotopic (exact) mass is 229 g/mol. The van der Waals surface area contributed by atoms with Gasteiger partial charge < -0.3 is 10.1 Å². The van der Waals surface area contributed by atoms with Gasteiger partial charge in [0.25, 0.3) is 0 Å². The van der Waals surface area contributed by atoms with Crippen LogP contribution in [0.25, 0.3) is 0 Å². The van der Waals surface area contributed by atoms with E-state index < -0.39 is 0 Å². The van der Waals surface area contributed by atoms with Crippen LogP contribution in [0.5, 0.6) is 11.5 Å². The van der Waals surface area contributed by atoms with Crippen molar-refractivity contribution in [2.45, 2.75) is 13.8 Å². The third kappa shape index (κ3) is 2.93. The lowest BCUT2D eigenvalue weighted by Gasteiger charge is -2.09. The number of hydrogen-bond acceptors (Lipinski definition) is 4. The van der Waals surface area contributed by atoms with Gasteiger partial charge in [-0.1, -0.05) is 0 Å². The zero-order chi connectivity index (χ0) is 12.1. The predicted octanol–water partition coefficient (Wildman–Crippen LogP) is 3.01. The number of ether oxygens (including phenoxy) is 1. The Morgan fingerprint density at radius 1 is 1.24 bits per heavy atom. The van der Waals surface area contributed by atoms with Gasteiger partial charge >= 0.3 is 0 Å². The maximum Gasteiger partial charge on any atom is 0.148 e. The minimum atomic E-state index is 0.757. The topological polar surface area (TPSA) is 47.0 Å². The van der Waals surface area contributed by atoms with Crippen molar-refractivity contribution in [3.05, 3.63) is 42.4 Å². The van der Waals surface area contributed by atoms with Crippen molar-refractivity contribution in [3.63, 3.8) is 0 Å². The highest BCUT2D eigenvalue weighted by molar-refractivity contribution is 5.42. The van der Waals surface area contributed by atoms with E-state index in [1.165, 1.54) is 0 Å². The summed E-state index contributed by atoms with van der Waals surface area (Å²) in [6, 6.07) is 7.45. The molecule has 2 rings (SSSR count). The molecule has 2 aromatic heterocycles. The van der Waals surface area contributed by atoms with Gasteiger partial charge in [-0.3, -0.25) is 4.98 Å². The van der Waals surface area contributed by atoms with E-state index in [0.29, 0.717) is 0 Å². The van der Waals surface area contributed by atoms with Gasteiger partial charge in [-0.2, -0.15) is 0 Å². The van der Waals surface area contributed by atoms with Crippen molar-refractivity contribution < 1.29 is 4.74 Å². The molecule has 0 unspecified atom stereocenters. The van der Waals surface area contributed by atoms with Gasteiger partial charge in [0.05, 0.1) is 5.69 Å². The first-order valence-corrected chi connectivity index (χ1v) is 5.59. The summed E-state index contributed by atoms with van der Waals surface area (Å²) in [6.07, 6.45) is 3.47. The van der Waals surface area contributed by atoms with Gasteiger partial charge in [0.2, 0.25) is 0 Å². The molecule has 4 heteroatoms. The number of pyridine rings is 2. The third-order valence-electron chi connectivity index (χ3n) is 2.28. The van der Waals surface area contributed by atoms with Gasteiger partial charge in [-0.15, -0.1) is 0 Å². The van der Waals surface area contributed by atoms with E-state index in [1.54, 1.807) is 12.4 Å². The summed E-state index contributed by atoms with van der Waals surface area (Å²) >= 11 is 0. The minimum absolute atomic E-state index is 0.757. The molecule has 17 heavy (non-hydrogen) atoms. The van der Waals surface area contributed by atoms with Crippen LogP contribution in [0.15, 0.2) is 36.7 Å². The van der Waals surface area contributed by atoms with E-state index in [1.807, 2.05) is 38.1 Å². The lowest BCUT2D eigenvalue weighted by Crippen LogP contribution is -1.99. The fraction of sp³-hybridized carbons (Fsp3) is 0.231. The van der Waals surface area contributed by atoms with Crippen LogP contribution in [-0.4, -0.2) is 16.5 Å². The van der Waals surface area contributed by atoms with Crippen molar-refractivity contribution in [3.8, 4) is 11.5 Å². The average molecular weight is 229 g/mol. The SMILES string of the molecule is CCNc1cc(Oc2cccnc2C)ccn1. The number of aromatic nitrogens is 2. The number of nitrogens with one attached hydrogen (secondary N) is 1. The Bertz CT molecular complexity index is 500. The maximum atomic E-state index is 5.75. The van der Waals surface area contributed by atoms with Crippen molar-refractivity contribution in [1.82, 2.24) is 9.97 Å². The fourth-order valence-corrected chi connectivity index (χ4v) is 1.46. The largest absolute Gasteiger partial charge is 0.455 e. The summed E-state index contributed by atoms with van der Waals surface area (Å²) in [5, 5.41) is 3.14. The quantitative estimate of drug-likeness (QED) is 0.875. The van der Waals surface area contributed by atoms with Crippen LogP contribution in [0.4, 0.5) is 5.82 Å². The van der Waals surface area contributed by atoms with Crippen molar-refractivity contribution in [2.75, 3.05) is 11.9 Å². The number of nitrogens with zero attached hydrogens (tertiary/aromatic N) is 2. The van der Waals surface area contributed by atoms with Crippen molar-refractivity contribution in [1.29, 1.82) is 0 Å². The second-order valence-electron chi connectivity index (χ2n) is 3.60. The number of anilines is 1. The zero-order valence-electron chi connectivity index (χ0n) is 9.97. The van der Waals surface area contributed by atoms with E-state index in [0.717, 1.165) is 29.6 Å². The molecule has 0 aliphatic carbocycles. The van der Waals surface area contributed by atoms with Crippen molar-refractivity contribution >= 4 is 5.82 Å².